The summed E-state index contributed by atoms with van der Waals surface area (Å²) in [5.41, 5.74) is 4.75. The molecule has 1 aromatic rings. The van der Waals surface area contributed by atoms with Crippen LogP contribution in [-0.2, 0) is 35.2 Å². The number of esters is 2. The lowest BCUT2D eigenvalue weighted by Gasteiger charge is -2.67. The summed E-state index contributed by atoms with van der Waals surface area (Å²) in [6.07, 6.45) is 9.20. The largest absolute Gasteiger partial charge is 0.483 e. The predicted molar refractivity (Wildman–Crippen MR) is 223 cm³/mol. The molecule has 0 bridgehead atoms. The molecule has 10 unspecified atom stereocenters. The van der Waals surface area contributed by atoms with E-state index in [9.17, 15) is 14.4 Å². The van der Waals surface area contributed by atoms with E-state index in [0.29, 0.717) is 49.0 Å². The van der Waals surface area contributed by atoms with Crippen molar-refractivity contribution in [3.63, 3.8) is 0 Å². The van der Waals surface area contributed by atoms with Gasteiger partial charge in [-0.15, -0.1) is 0 Å². The van der Waals surface area contributed by atoms with Crippen LogP contribution in [0.5, 0.6) is 0 Å². The standard InChI is InChI=1S/C46H69NO5.CH2O2.CH4/c1-28(2)41-36(49)24-46(39(51-31(5)48)27-47(11)26-32-14-12-29(3)13-15-32)23-19-35-33(42(41)46)16-17-38-44(9)22-20-37(52-40(50)25-43(6,7)8)30(4)34(44)18-21-45(35,38)10;2-1-3;/h12-15,28,30,33-35,37-39H,16-27H2,1-11H3;1H,(H,2,3);1H4. The number of likely N-dealkylation sites (N-methyl/N-ethyl adjacent to an activating group) is 1. The summed E-state index contributed by atoms with van der Waals surface area (Å²) in [6, 6.07) is 8.66. The minimum Gasteiger partial charge on any atom is -0.483 e. The number of hydrogen-bond donors (Lipinski definition) is 1. The van der Waals surface area contributed by atoms with Crippen LogP contribution in [0.15, 0.2) is 35.4 Å². The number of aryl methyl sites for hydroxylation is 1. The Morgan fingerprint density at radius 1 is 0.982 bits per heavy atom. The van der Waals surface area contributed by atoms with Crippen LogP contribution in [0.1, 0.15) is 145 Å². The van der Waals surface area contributed by atoms with Crippen LogP contribution < -0.4 is 0 Å². The maximum Gasteiger partial charge on any atom is 0.306 e. The predicted octanol–water partition coefficient (Wildman–Crippen LogP) is 10.2. The highest BCUT2D eigenvalue weighted by Gasteiger charge is 2.66. The Bertz CT molecular complexity index is 1610. The zero-order chi connectivity index (χ0) is 40.7. The van der Waals surface area contributed by atoms with Gasteiger partial charge in [-0.1, -0.05) is 92.6 Å². The van der Waals surface area contributed by atoms with Crippen LogP contribution in [0, 0.1) is 64.1 Å². The summed E-state index contributed by atoms with van der Waals surface area (Å²) in [5, 5.41) is 6.89. The zero-order valence-corrected chi connectivity index (χ0v) is 35.8. The molecule has 6 rings (SSSR count). The summed E-state index contributed by atoms with van der Waals surface area (Å²) in [7, 11) is 2.12. The van der Waals surface area contributed by atoms with Gasteiger partial charge >= 0.3 is 11.9 Å². The first-order valence-electron chi connectivity index (χ1n) is 21.2. The Morgan fingerprint density at radius 3 is 2.16 bits per heavy atom. The highest BCUT2D eigenvalue weighted by Crippen LogP contribution is 2.72. The molecule has 4 saturated carbocycles. The second kappa shape index (κ2) is 17.5. The molecule has 5 aliphatic carbocycles. The van der Waals surface area contributed by atoms with Crippen LogP contribution in [-0.4, -0.2) is 60.0 Å². The molecule has 10 atom stereocenters. The van der Waals surface area contributed by atoms with Gasteiger partial charge in [0.25, 0.3) is 6.47 Å². The van der Waals surface area contributed by atoms with Gasteiger partial charge in [0, 0.05) is 31.8 Å². The van der Waals surface area contributed by atoms with Crippen LogP contribution >= 0.6 is 0 Å². The van der Waals surface area contributed by atoms with Gasteiger partial charge < -0.3 is 14.6 Å². The molecule has 1 N–H and O–H groups in total. The summed E-state index contributed by atoms with van der Waals surface area (Å²) in [4.78, 5) is 50.7. The molecule has 8 nitrogen and oxygen atoms in total. The number of Topliss-reactive ketones (excluding diaryl/α,β-unsaturated/α-hetero) is 1. The molecular weight excluding hydrogens is 703 g/mol. The van der Waals surface area contributed by atoms with Gasteiger partial charge in [-0.2, -0.15) is 0 Å². The molecule has 0 heterocycles. The second-order valence-electron chi connectivity index (χ2n) is 20.3. The number of benzene rings is 1. The molecule has 0 amide bonds. The first-order chi connectivity index (χ1) is 25.7. The summed E-state index contributed by atoms with van der Waals surface area (Å²) < 4.78 is 12.6. The fourth-order valence-electron chi connectivity index (χ4n) is 13.0. The third kappa shape index (κ3) is 8.85. The van der Waals surface area contributed by atoms with Crippen LogP contribution in [0.3, 0.4) is 0 Å². The number of carboxylic acid groups (broad SMARTS) is 1. The summed E-state index contributed by atoms with van der Waals surface area (Å²) in [5.74, 6) is 2.46. The molecule has 0 aliphatic heterocycles. The molecule has 0 aromatic heterocycles. The van der Waals surface area contributed by atoms with Gasteiger partial charge in [-0.05, 0) is 134 Å². The lowest BCUT2D eigenvalue weighted by Crippen LogP contribution is -2.61. The van der Waals surface area contributed by atoms with Gasteiger partial charge in [0.15, 0.2) is 5.78 Å². The van der Waals surface area contributed by atoms with Gasteiger partial charge in [0.05, 0.1) is 6.42 Å². The number of rotatable bonds is 9. The van der Waals surface area contributed by atoms with E-state index in [-0.39, 0.29) is 66.0 Å². The zero-order valence-electron chi connectivity index (χ0n) is 35.8. The number of allylic oxidation sites excluding steroid dienone is 1. The Balaban J connectivity index is 0.00000169. The number of fused-ring (bicyclic) bond motifs is 7. The first-order valence-corrected chi connectivity index (χ1v) is 21.2. The van der Waals surface area contributed by atoms with Crippen LogP contribution in [0.4, 0.5) is 0 Å². The molecule has 314 valence electrons. The SMILES string of the molecule is C.CC(=O)OC(CN(C)Cc1ccc(C)cc1)C12CCC3C(CCC4C3(C)CCC3C(C)C(OC(=O)CC(C)(C)C)CCC34C)C1=C(C(C)C)C(=O)C2.O=CO. The van der Waals surface area contributed by atoms with Crippen LogP contribution in [0.2, 0.25) is 0 Å². The lowest BCUT2D eigenvalue weighted by atomic mass is 9.38. The van der Waals surface area contributed by atoms with Crippen LogP contribution in [0.25, 0.3) is 0 Å². The van der Waals surface area contributed by atoms with E-state index >= 15 is 0 Å². The third-order valence-electron chi connectivity index (χ3n) is 15.1. The fraction of sp³-hybridized carbons (Fsp3) is 0.750. The van der Waals surface area contributed by atoms with Crippen molar-refractivity contribution in [1.29, 1.82) is 0 Å². The van der Waals surface area contributed by atoms with Gasteiger partial charge in [-0.3, -0.25) is 24.1 Å². The highest BCUT2D eigenvalue weighted by atomic mass is 16.5. The van der Waals surface area contributed by atoms with Gasteiger partial charge in [0.1, 0.15) is 12.2 Å². The molecule has 5 aliphatic rings. The van der Waals surface area contributed by atoms with E-state index in [1.165, 1.54) is 36.5 Å². The van der Waals surface area contributed by atoms with E-state index in [1.807, 2.05) is 0 Å². The molecule has 4 fully saturated rings. The van der Waals surface area contributed by atoms with Crippen molar-refractivity contribution in [2.75, 3.05) is 13.6 Å². The Labute approximate surface area is 338 Å². The van der Waals surface area contributed by atoms with Crippen molar-refractivity contribution >= 4 is 24.2 Å². The van der Waals surface area contributed by atoms with E-state index in [0.717, 1.165) is 50.6 Å². The maximum absolute atomic E-state index is 14.2. The second-order valence-corrected chi connectivity index (χ2v) is 20.3. The van der Waals surface area contributed by atoms with Crippen molar-refractivity contribution in [3.05, 3.63) is 46.5 Å². The Kier molecular flexibility index (Phi) is 14.3. The quantitative estimate of drug-likeness (QED) is 0.195. The van der Waals surface area contributed by atoms with Gasteiger partial charge in [0.2, 0.25) is 0 Å². The van der Waals surface area contributed by atoms with Crippen molar-refractivity contribution in [2.45, 2.75) is 160 Å². The molecule has 8 heteroatoms. The first kappa shape index (κ1) is 45.7. The number of ether oxygens (including phenoxy) is 2. The number of ketones is 1. The van der Waals surface area contributed by atoms with Crippen molar-refractivity contribution < 1.29 is 33.8 Å². The normalized spacial score (nSPS) is 34.1. The Morgan fingerprint density at radius 2 is 1.57 bits per heavy atom. The van der Waals surface area contributed by atoms with Crippen molar-refractivity contribution in [2.24, 2.45) is 57.2 Å². The average Bonchev–Trinajstić information content (AvgIpc) is 3.39. The average molecular weight is 778 g/mol. The Hall–Kier alpha value is -3.00. The minimum absolute atomic E-state index is 0. The molecule has 1 aromatic carbocycles. The number of carbonyl (C=O) groups excluding carboxylic acids is 3. The van der Waals surface area contributed by atoms with Crippen molar-refractivity contribution in [1.82, 2.24) is 4.90 Å². The number of hydrogen-bond acceptors (Lipinski definition) is 7. The molecule has 56 heavy (non-hydrogen) atoms. The number of nitrogens with zero attached hydrogens (tertiary/aromatic N) is 1. The van der Waals surface area contributed by atoms with E-state index < -0.39 is 5.41 Å². The fourth-order valence-corrected chi connectivity index (χ4v) is 13.0. The van der Waals surface area contributed by atoms with E-state index in [2.05, 4.69) is 98.5 Å². The monoisotopic (exact) mass is 778 g/mol. The summed E-state index contributed by atoms with van der Waals surface area (Å²) in [6.45, 7) is 23.0. The molecule has 0 saturated heterocycles. The van der Waals surface area contributed by atoms with E-state index in [4.69, 9.17) is 19.4 Å². The molecule has 0 spiro atoms. The minimum atomic E-state index is -0.446. The molecule has 0 radical (unpaired) electrons. The lowest BCUT2D eigenvalue weighted by molar-refractivity contribution is -0.193. The van der Waals surface area contributed by atoms with E-state index in [1.54, 1.807) is 0 Å². The third-order valence-corrected chi connectivity index (χ3v) is 15.1. The summed E-state index contributed by atoms with van der Waals surface area (Å²) >= 11 is 0. The highest BCUT2D eigenvalue weighted by molar-refractivity contribution is 6.00. The van der Waals surface area contributed by atoms with Gasteiger partial charge in [-0.25, -0.2) is 0 Å². The molecular formula is C48H75NO7. The van der Waals surface area contributed by atoms with Crippen molar-refractivity contribution in [3.8, 4) is 0 Å². The topological polar surface area (TPSA) is 110 Å². The number of carbonyl (C=O) groups is 4. The maximum atomic E-state index is 14.2. The smallest absolute Gasteiger partial charge is 0.306 e.